The predicted molar refractivity (Wildman–Crippen MR) is 229 cm³/mol. The van der Waals surface area contributed by atoms with E-state index in [0.29, 0.717) is 91.6 Å². The Morgan fingerprint density at radius 1 is 0.750 bits per heavy atom. The summed E-state index contributed by atoms with van der Waals surface area (Å²) in [5.41, 5.74) is 11.3. The molecule has 0 spiro atoms. The van der Waals surface area contributed by atoms with Crippen LogP contribution in [0, 0.1) is 11.7 Å². The van der Waals surface area contributed by atoms with Crippen LogP contribution in [0.5, 0.6) is 0 Å². The Morgan fingerprint density at radius 3 is 2.18 bits per heavy atom. The van der Waals surface area contributed by atoms with Crippen LogP contribution in [0.25, 0.3) is 21.9 Å². The second-order valence-corrected chi connectivity index (χ2v) is 16.2. The number of hydrogen-bond donors (Lipinski definition) is 2. The van der Waals surface area contributed by atoms with Crippen molar-refractivity contribution in [1.82, 2.24) is 39.7 Å². The number of carbonyl (C=O) groups excluding carboxylic acids is 3. The van der Waals surface area contributed by atoms with E-state index in [1.807, 2.05) is 35.2 Å². The molecule has 60 heavy (non-hydrogen) atoms. The first-order valence-corrected chi connectivity index (χ1v) is 21.0. The topological polar surface area (TPSA) is 152 Å². The van der Waals surface area contributed by atoms with Crippen molar-refractivity contribution in [2.45, 2.75) is 32.6 Å². The van der Waals surface area contributed by atoms with Crippen molar-refractivity contribution < 1.29 is 18.8 Å². The number of anilines is 1. The molecule has 14 heteroatoms. The SMILES string of the molecule is CCc1cccc(-c2cnc(C(=O)N3CCC(CN4CCN(CC(=O)N5CCN(C(=O)c6cc(Cc7n[nH]c(=O)c8ccccc78)ccc6F)CC5)CC4)CC3)c(N)c2)c1. The van der Waals surface area contributed by atoms with E-state index in [4.69, 9.17) is 5.73 Å². The fourth-order valence-corrected chi connectivity index (χ4v) is 8.72. The number of halogens is 1. The summed E-state index contributed by atoms with van der Waals surface area (Å²) >= 11 is 0. The molecule has 0 radical (unpaired) electrons. The lowest BCUT2D eigenvalue weighted by Gasteiger charge is -2.40. The third-order valence-corrected chi connectivity index (χ3v) is 12.4. The van der Waals surface area contributed by atoms with Crippen molar-refractivity contribution in [1.29, 1.82) is 0 Å². The molecule has 3 saturated heterocycles. The summed E-state index contributed by atoms with van der Waals surface area (Å²) in [5.74, 6) is -0.594. The van der Waals surface area contributed by atoms with Gasteiger partial charge in [0.1, 0.15) is 5.82 Å². The Kier molecular flexibility index (Phi) is 12.3. The zero-order chi connectivity index (χ0) is 41.8. The quantitative estimate of drug-likeness (QED) is 0.210. The van der Waals surface area contributed by atoms with Crippen LogP contribution in [0.2, 0.25) is 0 Å². The van der Waals surface area contributed by atoms with Gasteiger partial charge >= 0.3 is 0 Å². The van der Waals surface area contributed by atoms with Gasteiger partial charge in [0.15, 0.2) is 5.69 Å². The maximum atomic E-state index is 15.0. The van der Waals surface area contributed by atoms with Crippen molar-refractivity contribution in [2.24, 2.45) is 5.92 Å². The number of fused-ring (bicyclic) bond motifs is 1. The molecule has 3 N–H and O–H groups in total. The molecule has 5 aromatic rings. The Bertz CT molecular complexity index is 2430. The lowest BCUT2D eigenvalue weighted by molar-refractivity contribution is -0.134. The molecule has 3 aromatic carbocycles. The van der Waals surface area contributed by atoms with Crippen LogP contribution < -0.4 is 11.3 Å². The Hall–Kier alpha value is -5.99. The standard InChI is InChI=1S/C46H52FN9O4/c1-2-31-6-5-7-34(24-31)35-27-40(48)43(49-28-35)46(60)55-14-12-32(13-15-55)29-52-16-18-53(19-17-52)30-42(57)54-20-22-56(23-21-54)45(59)38-25-33(10-11-39(38)47)26-41-36-8-3-4-9-37(36)44(58)51-50-41/h3-11,24-25,27-28,32H,2,12-23,26,29-30,48H2,1H3,(H,51,58). The number of aromatic amines is 1. The summed E-state index contributed by atoms with van der Waals surface area (Å²) in [6.07, 6.45) is 4.84. The molecule has 0 bridgehead atoms. The fourth-order valence-electron chi connectivity index (χ4n) is 8.72. The van der Waals surface area contributed by atoms with Gasteiger partial charge in [0.25, 0.3) is 17.4 Å². The molecule has 312 valence electrons. The fraction of sp³-hybridized carbons (Fsp3) is 0.391. The minimum Gasteiger partial charge on any atom is -0.397 e. The van der Waals surface area contributed by atoms with E-state index in [1.165, 1.54) is 11.6 Å². The van der Waals surface area contributed by atoms with Gasteiger partial charge < -0.3 is 25.3 Å². The Morgan fingerprint density at radius 2 is 1.45 bits per heavy atom. The van der Waals surface area contributed by atoms with E-state index in [0.717, 1.165) is 63.1 Å². The number of rotatable bonds is 10. The summed E-state index contributed by atoms with van der Waals surface area (Å²) < 4.78 is 15.0. The van der Waals surface area contributed by atoms with E-state index in [-0.39, 0.29) is 22.9 Å². The third-order valence-electron chi connectivity index (χ3n) is 12.4. The van der Waals surface area contributed by atoms with Crippen LogP contribution in [0.1, 0.15) is 57.4 Å². The molecule has 0 unspecified atom stereocenters. The molecule has 2 aromatic heterocycles. The third kappa shape index (κ3) is 9.09. The minimum absolute atomic E-state index is 0.0178. The lowest BCUT2D eigenvalue weighted by atomic mass is 9.95. The number of nitrogen functional groups attached to an aromatic ring is 1. The lowest BCUT2D eigenvalue weighted by Crippen LogP contribution is -2.55. The molecule has 5 heterocycles. The van der Waals surface area contributed by atoms with Gasteiger partial charge in [0.2, 0.25) is 5.91 Å². The summed E-state index contributed by atoms with van der Waals surface area (Å²) in [6, 6.07) is 21.8. The van der Waals surface area contributed by atoms with Crippen LogP contribution in [-0.4, -0.2) is 136 Å². The number of nitrogens with zero attached hydrogens (tertiary/aromatic N) is 7. The highest BCUT2D eigenvalue weighted by Crippen LogP contribution is 2.27. The first-order valence-electron chi connectivity index (χ1n) is 21.0. The summed E-state index contributed by atoms with van der Waals surface area (Å²) in [4.78, 5) is 67.0. The molecule has 8 rings (SSSR count). The monoisotopic (exact) mass is 813 g/mol. The average Bonchev–Trinajstić information content (AvgIpc) is 3.28. The maximum Gasteiger partial charge on any atom is 0.274 e. The van der Waals surface area contributed by atoms with Crippen molar-refractivity contribution in [3.05, 3.63) is 123 Å². The molecule has 3 aliphatic heterocycles. The molecule has 0 aliphatic carbocycles. The van der Waals surface area contributed by atoms with Gasteiger partial charge in [-0.1, -0.05) is 55.5 Å². The molecule has 3 aliphatic rings. The van der Waals surface area contributed by atoms with Crippen molar-refractivity contribution in [3.63, 3.8) is 0 Å². The molecular weight excluding hydrogens is 762 g/mol. The minimum atomic E-state index is -0.601. The second-order valence-electron chi connectivity index (χ2n) is 16.2. The van der Waals surface area contributed by atoms with Crippen LogP contribution in [0.15, 0.2) is 83.8 Å². The predicted octanol–water partition coefficient (Wildman–Crippen LogP) is 4.31. The number of amides is 3. The van der Waals surface area contributed by atoms with E-state index >= 15 is 4.39 Å². The number of pyridine rings is 1. The van der Waals surface area contributed by atoms with Crippen LogP contribution >= 0.6 is 0 Å². The Labute approximate surface area is 349 Å². The first-order chi connectivity index (χ1) is 29.1. The normalized spacial score (nSPS) is 17.0. The highest BCUT2D eigenvalue weighted by atomic mass is 19.1. The van der Waals surface area contributed by atoms with Crippen molar-refractivity contribution >= 4 is 34.2 Å². The number of aryl methyl sites for hydroxylation is 1. The van der Waals surface area contributed by atoms with Crippen LogP contribution in [-0.2, 0) is 17.6 Å². The Balaban J connectivity index is 0.757. The number of piperidine rings is 1. The first kappa shape index (κ1) is 40.8. The number of likely N-dealkylation sites (tertiary alicyclic amines) is 1. The molecule has 0 saturated carbocycles. The van der Waals surface area contributed by atoms with Gasteiger partial charge in [-0.25, -0.2) is 14.5 Å². The van der Waals surface area contributed by atoms with Crippen molar-refractivity contribution in [2.75, 3.05) is 84.3 Å². The van der Waals surface area contributed by atoms with E-state index < -0.39 is 11.7 Å². The highest BCUT2D eigenvalue weighted by molar-refractivity contribution is 5.98. The van der Waals surface area contributed by atoms with Gasteiger partial charge in [0, 0.05) is 95.6 Å². The van der Waals surface area contributed by atoms with E-state index in [1.54, 1.807) is 40.3 Å². The summed E-state index contributed by atoms with van der Waals surface area (Å²) in [7, 11) is 0. The number of carbonyl (C=O) groups is 3. The van der Waals surface area contributed by atoms with E-state index in [9.17, 15) is 19.2 Å². The van der Waals surface area contributed by atoms with Crippen molar-refractivity contribution in [3.8, 4) is 11.1 Å². The smallest absolute Gasteiger partial charge is 0.274 e. The zero-order valence-electron chi connectivity index (χ0n) is 34.1. The van der Waals surface area contributed by atoms with Gasteiger partial charge in [-0.3, -0.25) is 24.1 Å². The van der Waals surface area contributed by atoms with Gasteiger partial charge in [-0.05, 0) is 66.1 Å². The molecule has 3 amide bonds. The second kappa shape index (κ2) is 18.1. The highest BCUT2D eigenvalue weighted by Gasteiger charge is 2.30. The van der Waals surface area contributed by atoms with E-state index in [2.05, 4.69) is 44.0 Å². The molecule has 0 atom stereocenters. The number of benzene rings is 3. The summed E-state index contributed by atoms with van der Waals surface area (Å²) in [5, 5.41) is 7.98. The average molecular weight is 814 g/mol. The number of nitrogens with one attached hydrogen (secondary N) is 1. The van der Waals surface area contributed by atoms with Gasteiger partial charge in [-0.15, -0.1) is 0 Å². The van der Waals surface area contributed by atoms with Gasteiger partial charge in [-0.2, -0.15) is 5.10 Å². The van der Waals surface area contributed by atoms with Gasteiger partial charge in [0.05, 0.1) is 28.9 Å². The largest absolute Gasteiger partial charge is 0.397 e. The number of piperazine rings is 2. The molecule has 13 nitrogen and oxygen atoms in total. The number of hydrogen-bond acceptors (Lipinski definition) is 9. The zero-order valence-corrected chi connectivity index (χ0v) is 34.1. The number of nitrogens with two attached hydrogens (primary N) is 1. The van der Waals surface area contributed by atoms with Crippen LogP contribution in [0.3, 0.4) is 0 Å². The summed E-state index contributed by atoms with van der Waals surface area (Å²) in [6.45, 7) is 9.54. The molecule has 3 fully saturated rings. The maximum absolute atomic E-state index is 15.0. The van der Waals surface area contributed by atoms with Crippen LogP contribution in [0.4, 0.5) is 10.1 Å². The number of H-pyrrole nitrogens is 1. The number of aromatic nitrogens is 3. The molecular formula is C46H52FN9O4.